The Labute approximate surface area is 159 Å². The first kappa shape index (κ1) is 18.9. The van der Waals surface area contributed by atoms with Gasteiger partial charge in [0.05, 0.1) is 20.8 Å². The first-order valence-corrected chi connectivity index (χ1v) is 9.20. The van der Waals surface area contributed by atoms with Crippen molar-refractivity contribution in [2.45, 2.75) is 32.7 Å². The molecular weight excluding hydrogens is 344 g/mol. The van der Waals surface area contributed by atoms with E-state index in [4.69, 9.17) is 9.47 Å². The highest BCUT2D eigenvalue weighted by Gasteiger charge is 2.15. The van der Waals surface area contributed by atoms with Gasteiger partial charge in [-0.15, -0.1) is 0 Å². The molecule has 1 aliphatic heterocycles. The zero-order chi connectivity index (χ0) is 19.2. The number of rotatable bonds is 6. The molecular formula is C20H26N4O3. The number of benzene rings is 1. The summed E-state index contributed by atoms with van der Waals surface area (Å²) in [5, 5.41) is 2.88. The van der Waals surface area contributed by atoms with Gasteiger partial charge >= 0.3 is 0 Å². The molecule has 0 spiro atoms. The number of ether oxygens (including phenoxy) is 2. The molecule has 1 fully saturated rings. The number of carbonyl (C=O) groups is 1. The minimum atomic E-state index is -0.225. The van der Waals surface area contributed by atoms with Gasteiger partial charge in [-0.25, -0.2) is 9.97 Å². The lowest BCUT2D eigenvalue weighted by atomic mass is 10.1. The van der Waals surface area contributed by atoms with Crippen LogP contribution in [0.5, 0.6) is 11.5 Å². The maximum atomic E-state index is 12.5. The van der Waals surface area contributed by atoms with Crippen molar-refractivity contribution in [2.24, 2.45) is 0 Å². The number of piperidine rings is 1. The molecule has 7 nitrogen and oxygen atoms in total. The van der Waals surface area contributed by atoms with Gasteiger partial charge in [0.2, 0.25) is 0 Å². The fourth-order valence-corrected chi connectivity index (χ4v) is 3.18. The molecule has 1 aromatic heterocycles. The van der Waals surface area contributed by atoms with Crippen LogP contribution in [0.1, 0.15) is 41.1 Å². The summed E-state index contributed by atoms with van der Waals surface area (Å²) in [6.07, 6.45) is 3.65. The highest BCUT2D eigenvalue weighted by Crippen LogP contribution is 2.22. The van der Waals surface area contributed by atoms with Gasteiger partial charge in [0.1, 0.15) is 23.1 Å². The number of amides is 1. The third kappa shape index (κ3) is 4.87. The molecule has 0 bridgehead atoms. The van der Waals surface area contributed by atoms with Crippen molar-refractivity contribution in [2.75, 3.05) is 32.2 Å². The number of hydrogen-bond donors (Lipinski definition) is 1. The summed E-state index contributed by atoms with van der Waals surface area (Å²) < 4.78 is 10.4. The van der Waals surface area contributed by atoms with Crippen molar-refractivity contribution >= 4 is 11.7 Å². The molecule has 2 aromatic rings. The number of aromatic nitrogens is 2. The monoisotopic (exact) mass is 370 g/mol. The summed E-state index contributed by atoms with van der Waals surface area (Å²) in [4.78, 5) is 23.9. The summed E-state index contributed by atoms with van der Waals surface area (Å²) in [6.45, 7) is 4.26. The van der Waals surface area contributed by atoms with E-state index in [-0.39, 0.29) is 12.5 Å². The van der Waals surface area contributed by atoms with E-state index in [2.05, 4.69) is 20.2 Å². The molecule has 1 amide bonds. The second kappa shape index (κ2) is 8.70. The topological polar surface area (TPSA) is 76.6 Å². The summed E-state index contributed by atoms with van der Waals surface area (Å²) in [6, 6.07) is 7.08. The molecule has 0 radical (unpaired) electrons. The average Bonchev–Trinajstić information content (AvgIpc) is 2.71. The SMILES string of the molecule is COc1cc(OC)cc(C(=O)NCc2nc(C)cc(N3CCCCC3)n2)c1. The normalized spacial score (nSPS) is 14.0. The van der Waals surface area contributed by atoms with E-state index in [1.807, 2.05) is 13.0 Å². The third-order valence-electron chi connectivity index (χ3n) is 4.59. The molecule has 1 aromatic carbocycles. The Kier molecular flexibility index (Phi) is 6.11. The Morgan fingerprint density at radius 1 is 1.04 bits per heavy atom. The van der Waals surface area contributed by atoms with E-state index in [1.54, 1.807) is 32.4 Å². The third-order valence-corrected chi connectivity index (χ3v) is 4.59. The number of anilines is 1. The smallest absolute Gasteiger partial charge is 0.251 e. The van der Waals surface area contributed by atoms with Crippen LogP contribution < -0.4 is 19.7 Å². The van der Waals surface area contributed by atoms with Crippen LogP contribution in [-0.4, -0.2) is 43.2 Å². The van der Waals surface area contributed by atoms with Crippen LogP contribution in [0.3, 0.4) is 0 Å². The Hall–Kier alpha value is -2.83. The Morgan fingerprint density at radius 3 is 2.33 bits per heavy atom. The molecule has 0 atom stereocenters. The molecule has 144 valence electrons. The lowest BCUT2D eigenvalue weighted by Crippen LogP contribution is -2.31. The fraction of sp³-hybridized carbons (Fsp3) is 0.450. The average molecular weight is 370 g/mol. The van der Waals surface area contributed by atoms with E-state index in [1.165, 1.54) is 19.3 Å². The van der Waals surface area contributed by atoms with Gasteiger partial charge in [-0.3, -0.25) is 4.79 Å². The van der Waals surface area contributed by atoms with Gasteiger partial charge in [0.25, 0.3) is 5.91 Å². The van der Waals surface area contributed by atoms with E-state index in [0.29, 0.717) is 22.9 Å². The minimum absolute atomic E-state index is 0.225. The van der Waals surface area contributed by atoms with E-state index >= 15 is 0 Å². The highest BCUT2D eigenvalue weighted by atomic mass is 16.5. The van der Waals surface area contributed by atoms with Crippen LogP contribution in [0.25, 0.3) is 0 Å². The largest absolute Gasteiger partial charge is 0.497 e. The van der Waals surface area contributed by atoms with Crippen LogP contribution in [0.2, 0.25) is 0 Å². The molecule has 1 aliphatic rings. The molecule has 0 aliphatic carbocycles. The molecule has 7 heteroatoms. The fourth-order valence-electron chi connectivity index (χ4n) is 3.18. The maximum absolute atomic E-state index is 12.5. The van der Waals surface area contributed by atoms with E-state index in [9.17, 15) is 4.79 Å². The zero-order valence-electron chi connectivity index (χ0n) is 16.1. The van der Waals surface area contributed by atoms with Crippen molar-refractivity contribution in [3.8, 4) is 11.5 Å². The van der Waals surface area contributed by atoms with Crippen LogP contribution >= 0.6 is 0 Å². The van der Waals surface area contributed by atoms with Crippen molar-refractivity contribution < 1.29 is 14.3 Å². The number of methoxy groups -OCH3 is 2. The lowest BCUT2D eigenvalue weighted by Gasteiger charge is -2.28. The molecule has 0 unspecified atom stereocenters. The molecule has 1 saturated heterocycles. The van der Waals surface area contributed by atoms with Gasteiger partial charge < -0.3 is 19.7 Å². The van der Waals surface area contributed by atoms with Gasteiger partial charge in [-0.05, 0) is 38.3 Å². The lowest BCUT2D eigenvalue weighted by molar-refractivity contribution is 0.0949. The van der Waals surface area contributed by atoms with Crippen molar-refractivity contribution in [3.63, 3.8) is 0 Å². The Bertz CT molecular complexity index is 782. The molecule has 1 N–H and O–H groups in total. The van der Waals surface area contributed by atoms with Crippen LogP contribution in [0, 0.1) is 6.92 Å². The van der Waals surface area contributed by atoms with Crippen LogP contribution in [0.15, 0.2) is 24.3 Å². The quantitative estimate of drug-likeness (QED) is 0.843. The van der Waals surface area contributed by atoms with E-state index < -0.39 is 0 Å². The van der Waals surface area contributed by atoms with Gasteiger partial charge in [0, 0.05) is 36.5 Å². The summed E-state index contributed by atoms with van der Waals surface area (Å²) >= 11 is 0. The number of carbonyl (C=O) groups excluding carboxylic acids is 1. The van der Waals surface area contributed by atoms with Crippen molar-refractivity contribution in [1.29, 1.82) is 0 Å². The highest BCUT2D eigenvalue weighted by molar-refractivity contribution is 5.95. The predicted octanol–water partition coefficient (Wildman–Crippen LogP) is 2.72. The van der Waals surface area contributed by atoms with Crippen LogP contribution in [-0.2, 0) is 6.54 Å². The number of nitrogens with zero attached hydrogens (tertiary/aromatic N) is 3. The van der Waals surface area contributed by atoms with Gasteiger partial charge in [0.15, 0.2) is 0 Å². The second-order valence-electron chi connectivity index (χ2n) is 6.62. The summed E-state index contributed by atoms with van der Waals surface area (Å²) in [5.41, 5.74) is 1.37. The molecule has 0 saturated carbocycles. The number of hydrogen-bond acceptors (Lipinski definition) is 6. The van der Waals surface area contributed by atoms with Crippen molar-refractivity contribution in [1.82, 2.24) is 15.3 Å². The summed E-state index contributed by atoms with van der Waals surface area (Å²) in [7, 11) is 3.11. The predicted molar refractivity (Wildman–Crippen MR) is 104 cm³/mol. The first-order valence-electron chi connectivity index (χ1n) is 9.20. The standard InChI is InChI=1S/C20H26N4O3/c1-14-9-19(24-7-5-4-6-8-24)23-18(22-14)13-21-20(25)15-10-16(26-2)12-17(11-15)27-3/h9-12H,4-8,13H2,1-3H3,(H,21,25). The number of nitrogens with one attached hydrogen (secondary N) is 1. The van der Waals surface area contributed by atoms with Gasteiger partial charge in [-0.1, -0.05) is 0 Å². The molecule has 2 heterocycles. The maximum Gasteiger partial charge on any atom is 0.251 e. The molecule has 3 rings (SSSR count). The second-order valence-corrected chi connectivity index (χ2v) is 6.62. The Balaban J connectivity index is 1.71. The zero-order valence-corrected chi connectivity index (χ0v) is 16.1. The van der Waals surface area contributed by atoms with Crippen molar-refractivity contribution in [3.05, 3.63) is 41.3 Å². The van der Waals surface area contributed by atoms with Gasteiger partial charge in [-0.2, -0.15) is 0 Å². The summed E-state index contributed by atoms with van der Waals surface area (Å²) in [5.74, 6) is 2.46. The number of aryl methyl sites for hydroxylation is 1. The first-order chi connectivity index (χ1) is 13.1. The Morgan fingerprint density at radius 2 is 1.70 bits per heavy atom. The van der Waals surface area contributed by atoms with E-state index in [0.717, 1.165) is 24.6 Å². The van der Waals surface area contributed by atoms with Crippen LogP contribution in [0.4, 0.5) is 5.82 Å². The minimum Gasteiger partial charge on any atom is -0.497 e. The molecule has 27 heavy (non-hydrogen) atoms.